The first-order valence-electron chi connectivity index (χ1n) is 15.0. The average molecular weight is 610 g/mol. The molecular weight excluding hydrogens is 578 g/mol. The quantitative estimate of drug-likeness (QED) is 0.243. The van der Waals surface area contributed by atoms with E-state index < -0.39 is 0 Å². The van der Waals surface area contributed by atoms with Crippen molar-refractivity contribution >= 4 is 22.8 Å². The molecular formula is C34H31N11O. The zero-order valence-electron chi connectivity index (χ0n) is 25.2. The molecule has 1 aliphatic heterocycles. The van der Waals surface area contributed by atoms with Crippen LogP contribution in [-0.2, 0) is 6.54 Å². The summed E-state index contributed by atoms with van der Waals surface area (Å²) < 4.78 is 7.54. The number of anilines is 2. The SMILES string of the molecule is COc1ncccc1-c1ccc2nc(-c3cccnc3N)n(-c3ccc(CN4CCC(Nc5ccnc(C#N)n5)CC4)cc3)c2n1. The van der Waals surface area contributed by atoms with Gasteiger partial charge in [0.2, 0.25) is 11.7 Å². The predicted octanol–water partition coefficient (Wildman–Crippen LogP) is 4.87. The number of fused-ring (bicyclic) bond motifs is 1. The normalized spacial score (nSPS) is 13.8. The van der Waals surface area contributed by atoms with Crippen molar-refractivity contribution in [1.82, 2.24) is 39.4 Å². The van der Waals surface area contributed by atoms with Gasteiger partial charge in [0.05, 0.1) is 23.9 Å². The molecule has 1 saturated heterocycles. The van der Waals surface area contributed by atoms with Crippen LogP contribution in [0, 0.1) is 11.3 Å². The Morgan fingerprint density at radius 2 is 1.67 bits per heavy atom. The van der Waals surface area contributed by atoms with Gasteiger partial charge in [-0.3, -0.25) is 9.47 Å². The molecule has 0 amide bonds. The highest BCUT2D eigenvalue weighted by atomic mass is 16.5. The van der Waals surface area contributed by atoms with Crippen LogP contribution in [0.1, 0.15) is 24.2 Å². The number of nitrogens with one attached hydrogen (secondary N) is 1. The van der Waals surface area contributed by atoms with Crippen molar-refractivity contribution in [2.24, 2.45) is 0 Å². The number of nitrogens with zero attached hydrogens (tertiary/aromatic N) is 9. The number of benzene rings is 1. The molecule has 3 N–H and O–H groups in total. The molecule has 0 radical (unpaired) electrons. The van der Waals surface area contributed by atoms with E-state index >= 15 is 0 Å². The van der Waals surface area contributed by atoms with Crippen LogP contribution in [0.2, 0.25) is 0 Å². The fourth-order valence-electron chi connectivity index (χ4n) is 5.83. The van der Waals surface area contributed by atoms with E-state index in [-0.39, 0.29) is 5.82 Å². The number of aromatic nitrogens is 7. The maximum absolute atomic E-state index is 9.08. The molecule has 1 aromatic carbocycles. The van der Waals surface area contributed by atoms with Crippen molar-refractivity contribution in [3.05, 3.63) is 96.7 Å². The van der Waals surface area contributed by atoms with E-state index in [4.69, 9.17) is 25.7 Å². The number of ether oxygens (including phenoxy) is 1. The van der Waals surface area contributed by atoms with E-state index in [0.717, 1.165) is 60.5 Å². The molecule has 12 nitrogen and oxygen atoms in total. The molecule has 0 atom stereocenters. The van der Waals surface area contributed by atoms with E-state index in [9.17, 15) is 0 Å². The molecule has 0 bridgehead atoms. The van der Waals surface area contributed by atoms with Crippen molar-refractivity contribution in [1.29, 1.82) is 5.26 Å². The smallest absolute Gasteiger partial charge is 0.234 e. The highest BCUT2D eigenvalue weighted by Gasteiger charge is 2.22. The van der Waals surface area contributed by atoms with Crippen LogP contribution in [0.5, 0.6) is 5.88 Å². The van der Waals surface area contributed by atoms with Crippen LogP contribution in [0.25, 0.3) is 39.5 Å². The Hall–Kier alpha value is -5.93. The Balaban J connectivity index is 1.15. The number of methoxy groups -OCH3 is 1. The van der Waals surface area contributed by atoms with E-state index in [2.05, 4.69) is 54.4 Å². The standard InChI is InChI=1S/C34H31N11O/c1-46-34-25(4-2-16-39-34)27-10-11-28-33(41-27)45(32(42-28)26-5-3-15-38-31(26)36)24-8-6-22(7-9-24)21-44-18-13-23(14-19-44)40-29-12-17-37-30(20-35)43-29/h2-12,15-17,23H,13-14,18-19,21H2,1H3,(H2,36,38)(H,37,40,43). The van der Waals surface area contributed by atoms with Crippen LogP contribution in [0.15, 0.2) is 85.3 Å². The van der Waals surface area contributed by atoms with Gasteiger partial charge in [-0.25, -0.2) is 29.9 Å². The lowest BCUT2D eigenvalue weighted by Gasteiger charge is -2.32. The summed E-state index contributed by atoms with van der Waals surface area (Å²) in [7, 11) is 1.60. The fraction of sp³-hybridized carbons (Fsp3) is 0.206. The van der Waals surface area contributed by atoms with Gasteiger partial charge in [0.25, 0.3) is 0 Å². The number of likely N-dealkylation sites (tertiary alicyclic amines) is 1. The van der Waals surface area contributed by atoms with Crippen LogP contribution in [-0.4, -0.2) is 65.6 Å². The molecule has 1 fully saturated rings. The molecule has 46 heavy (non-hydrogen) atoms. The number of piperidine rings is 1. The van der Waals surface area contributed by atoms with Crippen LogP contribution < -0.4 is 15.8 Å². The number of hydrogen-bond donors (Lipinski definition) is 2. The van der Waals surface area contributed by atoms with Crippen molar-refractivity contribution in [2.45, 2.75) is 25.4 Å². The number of nitriles is 1. The highest BCUT2D eigenvalue weighted by molar-refractivity contribution is 5.85. The second-order valence-corrected chi connectivity index (χ2v) is 11.0. The third-order valence-corrected chi connectivity index (χ3v) is 8.12. The second-order valence-electron chi connectivity index (χ2n) is 11.0. The minimum absolute atomic E-state index is 0.176. The summed E-state index contributed by atoms with van der Waals surface area (Å²) in [5.74, 6) is 2.43. The Labute approximate surface area is 265 Å². The van der Waals surface area contributed by atoms with Crippen molar-refractivity contribution in [3.8, 4) is 40.3 Å². The average Bonchev–Trinajstić information content (AvgIpc) is 3.48. The Morgan fingerprint density at radius 1 is 0.891 bits per heavy atom. The number of pyridine rings is 3. The minimum atomic E-state index is 0.176. The molecule has 228 valence electrons. The molecule has 6 heterocycles. The Morgan fingerprint density at radius 3 is 2.43 bits per heavy atom. The van der Waals surface area contributed by atoms with E-state index in [0.29, 0.717) is 35.0 Å². The zero-order valence-corrected chi connectivity index (χ0v) is 25.2. The van der Waals surface area contributed by atoms with Crippen LogP contribution in [0.3, 0.4) is 0 Å². The third kappa shape index (κ3) is 5.79. The first kappa shape index (κ1) is 28.8. The summed E-state index contributed by atoms with van der Waals surface area (Å²) >= 11 is 0. The summed E-state index contributed by atoms with van der Waals surface area (Å²) in [5, 5.41) is 12.5. The van der Waals surface area contributed by atoms with Crippen molar-refractivity contribution in [3.63, 3.8) is 0 Å². The molecule has 12 heteroatoms. The molecule has 0 unspecified atom stereocenters. The van der Waals surface area contributed by atoms with Gasteiger partial charge in [0.15, 0.2) is 11.5 Å². The predicted molar refractivity (Wildman–Crippen MR) is 175 cm³/mol. The van der Waals surface area contributed by atoms with Gasteiger partial charge in [-0.05, 0) is 73.0 Å². The minimum Gasteiger partial charge on any atom is -0.481 e. The fourth-order valence-corrected chi connectivity index (χ4v) is 5.83. The lowest BCUT2D eigenvalue weighted by molar-refractivity contribution is 0.211. The van der Waals surface area contributed by atoms with Gasteiger partial charge in [-0.1, -0.05) is 12.1 Å². The van der Waals surface area contributed by atoms with Gasteiger partial charge in [0, 0.05) is 50.0 Å². The Bertz CT molecular complexity index is 2040. The van der Waals surface area contributed by atoms with Gasteiger partial charge >= 0.3 is 0 Å². The monoisotopic (exact) mass is 609 g/mol. The van der Waals surface area contributed by atoms with Crippen molar-refractivity contribution in [2.75, 3.05) is 31.2 Å². The molecule has 0 spiro atoms. The first-order valence-corrected chi connectivity index (χ1v) is 15.0. The molecule has 0 saturated carbocycles. The van der Waals surface area contributed by atoms with E-state index in [1.807, 2.05) is 47.0 Å². The Kier molecular flexibility index (Phi) is 7.89. The highest BCUT2D eigenvalue weighted by Crippen LogP contribution is 2.33. The zero-order chi connectivity index (χ0) is 31.5. The van der Waals surface area contributed by atoms with Gasteiger partial charge in [-0.15, -0.1) is 0 Å². The summed E-state index contributed by atoms with van der Waals surface area (Å²) in [6, 6.07) is 24.1. The van der Waals surface area contributed by atoms with Gasteiger partial charge in [0.1, 0.15) is 23.2 Å². The molecule has 7 rings (SSSR count). The summed E-state index contributed by atoms with van der Waals surface area (Å²) in [4.78, 5) is 29.3. The summed E-state index contributed by atoms with van der Waals surface area (Å²) in [6.45, 7) is 2.75. The molecule has 5 aromatic heterocycles. The summed E-state index contributed by atoms with van der Waals surface area (Å²) in [6.07, 6.45) is 6.94. The van der Waals surface area contributed by atoms with E-state index in [1.165, 1.54) is 5.56 Å². The number of nitrogen functional groups attached to an aromatic ring is 1. The second kappa shape index (κ2) is 12.6. The summed E-state index contributed by atoms with van der Waals surface area (Å²) in [5.41, 5.74) is 12.1. The maximum atomic E-state index is 9.08. The largest absolute Gasteiger partial charge is 0.481 e. The number of hydrogen-bond acceptors (Lipinski definition) is 11. The first-order chi connectivity index (χ1) is 22.6. The molecule has 1 aliphatic rings. The van der Waals surface area contributed by atoms with Crippen LogP contribution in [0.4, 0.5) is 11.6 Å². The van der Waals surface area contributed by atoms with E-state index in [1.54, 1.807) is 31.8 Å². The van der Waals surface area contributed by atoms with Crippen molar-refractivity contribution < 1.29 is 4.74 Å². The van der Waals surface area contributed by atoms with Crippen LogP contribution >= 0.6 is 0 Å². The lowest BCUT2D eigenvalue weighted by atomic mass is 10.0. The lowest BCUT2D eigenvalue weighted by Crippen LogP contribution is -2.38. The molecule has 0 aliphatic carbocycles. The third-order valence-electron chi connectivity index (χ3n) is 8.12. The molecule has 6 aromatic rings. The number of imidazole rings is 1. The maximum Gasteiger partial charge on any atom is 0.234 e. The van der Waals surface area contributed by atoms with Gasteiger partial charge in [-0.2, -0.15) is 5.26 Å². The van der Waals surface area contributed by atoms with Gasteiger partial charge < -0.3 is 15.8 Å². The number of rotatable bonds is 8. The topological polar surface area (TPSA) is 157 Å². The number of nitrogens with two attached hydrogens (primary N) is 1.